The maximum Gasteiger partial charge on any atom is 0.319 e. The number of amides is 2. The fourth-order valence-electron chi connectivity index (χ4n) is 3.70. The third-order valence-corrected chi connectivity index (χ3v) is 5.73. The van der Waals surface area contributed by atoms with Gasteiger partial charge in [-0.3, -0.25) is 9.59 Å². The normalized spacial score (nSPS) is 11.3. The Kier molecular flexibility index (Phi) is 8.80. The number of carbonyl (C=O) groups is 2. The van der Waals surface area contributed by atoms with Crippen LogP contribution in [-0.2, 0) is 11.3 Å². The van der Waals surface area contributed by atoms with Gasteiger partial charge >= 0.3 is 12.0 Å². The number of carbonyl (C=O) groups excluding carboxylic acids is 1. The van der Waals surface area contributed by atoms with E-state index in [2.05, 4.69) is 10.6 Å². The predicted molar refractivity (Wildman–Crippen MR) is 135 cm³/mol. The molecule has 1 heterocycles. The number of aromatic nitrogens is 1. The maximum atomic E-state index is 12.9. The molecule has 0 spiro atoms. The van der Waals surface area contributed by atoms with E-state index in [-0.39, 0.29) is 23.7 Å². The molecule has 1 atom stereocenters. The van der Waals surface area contributed by atoms with Gasteiger partial charge in [-0.25, -0.2) is 4.79 Å². The van der Waals surface area contributed by atoms with E-state index >= 15 is 0 Å². The van der Waals surface area contributed by atoms with Crippen LogP contribution in [0, 0.1) is 0 Å². The van der Waals surface area contributed by atoms with E-state index in [0.29, 0.717) is 16.3 Å². The third-order valence-electron chi connectivity index (χ3n) is 5.36. The van der Waals surface area contributed by atoms with Crippen molar-refractivity contribution >= 4 is 29.3 Å². The number of carboxylic acids is 1. The van der Waals surface area contributed by atoms with Crippen LogP contribution in [0.3, 0.4) is 0 Å². The number of ether oxygens (including phenoxy) is 3. The topological polar surface area (TPSA) is 128 Å². The molecule has 0 saturated heterocycles. The predicted octanol–water partition coefficient (Wildman–Crippen LogP) is 3.91. The number of methoxy groups -OCH3 is 3. The molecule has 10 nitrogen and oxygen atoms in total. The van der Waals surface area contributed by atoms with E-state index in [1.165, 1.54) is 32.0 Å². The number of halogens is 1. The number of benzene rings is 2. The number of urea groups is 1. The van der Waals surface area contributed by atoms with Crippen molar-refractivity contribution in [3.63, 3.8) is 0 Å². The summed E-state index contributed by atoms with van der Waals surface area (Å²) in [7, 11) is 4.26. The Hall–Kier alpha value is -4.18. The molecule has 0 aliphatic heterocycles. The molecule has 0 radical (unpaired) electrons. The summed E-state index contributed by atoms with van der Waals surface area (Å²) < 4.78 is 17.5. The molecule has 0 aliphatic rings. The van der Waals surface area contributed by atoms with Crippen LogP contribution >= 0.6 is 11.6 Å². The number of hydrogen-bond acceptors (Lipinski definition) is 6. The molecule has 11 heteroatoms. The monoisotopic (exact) mass is 515 g/mol. The first kappa shape index (κ1) is 26.4. The van der Waals surface area contributed by atoms with E-state index < -0.39 is 30.0 Å². The van der Waals surface area contributed by atoms with Gasteiger partial charge < -0.3 is 34.5 Å². The summed E-state index contributed by atoms with van der Waals surface area (Å²) in [5, 5.41) is 15.1. The molecule has 0 aliphatic carbocycles. The molecular formula is C25H26ClN3O7. The largest absolute Gasteiger partial charge is 0.493 e. The smallest absolute Gasteiger partial charge is 0.319 e. The van der Waals surface area contributed by atoms with Gasteiger partial charge in [0.2, 0.25) is 5.75 Å². The summed E-state index contributed by atoms with van der Waals surface area (Å²) >= 11 is 6.20. The zero-order valence-corrected chi connectivity index (χ0v) is 20.7. The van der Waals surface area contributed by atoms with Crippen LogP contribution in [0.1, 0.15) is 23.6 Å². The summed E-state index contributed by atoms with van der Waals surface area (Å²) in [6.07, 6.45) is 1.13. The second-order valence-electron chi connectivity index (χ2n) is 7.62. The van der Waals surface area contributed by atoms with Gasteiger partial charge in [-0.05, 0) is 35.9 Å². The van der Waals surface area contributed by atoms with Crippen LogP contribution in [0.15, 0.2) is 59.5 Å². The van der Waals surface area contributed by atoms with Gasteiger partial charge in [-0.2, -0.15) is 0 Å². The summed E-state index contributed by atoms with van der Waals surface area (Å²) in [5.41, 5.74) is 0.656. The highest BCUT2D eigenvalue weighted by Gasteiger charge is 2.26. The van der Waals surface area contributed by atoms with Crippen LogP contribution < -0.4 is 30.4 Å². The Morgan fingerprint density at radius 3 is 2.36 bits per heavy atom. The molecule has 3 N–H and O–H groups in total. The van der Waals surface area contributed by atoms with Gasteiger partial charge in [0.25, 0.3) is 5.56 Å². The molecule has 1 unspecified atom stereocenters. The minimum absolute atomic E-state index is 0.00963. The Bertz CT molecular complexity index is 1310. The van der Waals surface area contributed by atoms with E-state index in [1.54, 1.807) is 42.6 Å². The Morgan fingerprint density at radius 2 is 1.72 bits per heavy atom. The van der Waals surface area contributed by atoms with E-state index in [0.717, 1.165) is 5.56 Å². The molecule has 2 aromatic carbocycles. The van der Waals surface area contributed by atoms with Gasteiger partial charge in [-0.1, -0.05) is 29.8 Å². The van der Waals surface area contributed by atoms with Crippen LogP contribution in [0.25, 0.3) is 0 Å². The second-order valence-corrected chi connectivity index (χ2v) is 8.03. The number of nitrogens with one attached hydrogen (secondary N) is 2. The van der Waals surface area contributed by atoms with E-state index in [9.17, 15) is 19.5 Å². The van der Waals surface area contributed by atoms with E-state index in [1.807, 2.05) is 6.07 Å². The first-order chi connectivity index (χ1) is 17.3. The maximum absolute atomic E-state index is 12.9. The molecule has 36 heavy (non-hydrogen) atoms. The average molecular weight is 516 g/mol. The summed E-state index contributed by atoms with van der Waals surface area (Å²) in [6, 6.07) is 11.6. The Labute approximate surface area is 212 Å². The SMILES string of the molecule is COc1ccc(C(CC(=O)O)NC(=O)Nc2cccn(Cc3ccccc3Cl)c2=O)c(OC)c1OC. The molecule has 0 bridgehead atoms. The van der Waals surface area contributed by atoms with Crippen molar-refractivity contribution < 1.29 is 28.9 Å². The molecular weight excluding hydrogens is 490 g/mol. The highest BCUT2D eigenvalue weighted by atomic mass is 35.5. The van der Waals surface area contributed by atoms with Crippen LogP contribution in [0.5, 0.6) is 17.2 Å². The number of rotatable bonds is 10. The Balaban J connectivity index is 1.86. The van der Waals surface area contributed by atoms with Gasteiger partial charge in [0.15, 0.2) is 11.5 Å². The van der Waals surface area contributed by atoms with Gasteiger partial charge in [0.05, 0.1) is 40.3 Å². The molecule has 2 amide bonds. The van der Waals surface area contributed by atoms with Crippen molar-refractivity contribution in [1.29, 1.82) is 0 Å². The Morgan fingerprint density at radius 1 is 1.00 bits per heavy atom. The number of aliphatic carboxylic acids is 1. The van der Waals surface area contributed by atoms with Crippen LogP contribution in [0.4, 0.5) is 10.5 Å². The molecule has 0 saturated carbocycles. The fourth-order valence-corrected chi connectivity index (χ4v) is 3.89. The highest BCUT2D eigenvalue weighted by molar-refractivity contribution is 6.31. The second kappa shape index (κ2) is 12.0. The van der Waals surface area contributed by atoms with Crippen molar-refractivity contribution in [1.82, 2.24) is 9.88 Å². The van der Waals surface area contributed by atoms with Crippen molar-refractivity contribution in [3.8, 4) is 17.2 Å². The molecule has 0 fully saturated rings. The van der Waals surface area contributed by atoms with Crippen molar-refractivity contribution in [2.75, 3.05) is 26.6 Å². The van der Waals surface area contributed by atoms with Crippen LogP contribution in [0.2, 0.25) is 5.02 Å². The van der Waals surface area contributed by atoms with Crippen molar-refractivity contribution in [3.05, 3.63) is 81.2 Å². The zero-order chi connectivity index (χ0) is 26.2. The number of carboxylic acid groups (broad SMARTS) is 1. The van der Waals surface area contributed by atoms with Crippen molar-refractivity contribution in [2.45, 2.75) is 19.0 Å². The lowest BCUT2D eigenvalue weighted by Gasteiger charge is -2.22. The minimum atomic E-state index is -1.15. The lowest BCUT2D eigenvalue weighted by Crippen LogP contribution is -2.36. The molecule has 3 rings (SSSR count). The van der Waals surface area contributed by atoms with Crippen molar-refractivity contribution in [2.24, 2.45) is 0 Å². The number of anilines is 1. The number of hydrogen-bond donors (Lipinski definition) is 3. The first-order valence-corrected chi connectivity index (χ1v) is 11.2. The fraction of sp³-hybridized carbons (Fsp3) is 0.240. The number of pyridine rings is 1. The average Bonchev–Trinajstić information content (AvgIpc) is 2.85. The third kappa shape index (κ3) is 6.08. The first-order valence-electron chi connectivity index (χ1n) is 10.8. The standard InChI is InChI=1S/C25H26ClN3O7/c1-34-20-11-10-16(22(35-2)23(20)36-3)19(13-21(30)31)28-25(33)27-18-9-6-12-29(24(18)32)14-15-7-4-5-8-17(15)26/h4-12,19H,13-14H2,1-3H3,(H,30,31)(H2,27,28,33). The molecule has 1 aromatic heterocycles. The quantitative estimate of drug-likeness (QED) is 0.373. The van der Waals surface area contributed by atoms with E-state index in [4.69, 9.17) is 25.8 Å². The summed E-state index contributed by atoms with van der Waals surface area (Å²) in [4.78, 5) is 37.4. The van der Waals surface area contributed by atoms with Gasteiger partial charge in [0.1, 0.15) is 5.69 Å². The van der Waals surface area contributed by atoms with Gasteiger partial charge in [0, 0.05) is 16.8 Å². The van der Waals surface area contributed by atoms with Crippen LogP contribution in [-0.4, -0.2) is 43.0 Å². The molecule has 3 aromatic rings. The number of nitrogens with zero attached hydrogens (tertiary/aromatic N) is 1. The summed E-state index contributed by atoms with van der Waals surface area (Å²) in [5.74, 6) is -0.315. The minimum Gasteiger partial charge on any atom is -0.493 e. The summed E-state index contributed by atoms with van der Waals surface area (Å²) in [6.45, 7) is 0.208. The lowest BCUT2D eigenvalue weighted by molar-refractivity contribution is -0.137. The molecule has 190 valence electrons. The highest BCUT2D eigenvalue weighted by Crippen LogP contribution is 2.42. The zero-order valence-electron chi connectivity index (χ0n) is 19.9. The van der Waals surface area contributed by atoms with Gasteiger partial charge in [-0.15, -0.1) is 0 Å². The lowest BCUT2D eigenvalue weighted by atomic mass is 10.0.